The molecule has 0 bridgehead atoms. The fourth-order valence-electron chi connectivity index (χ4n) is 4.79. The second-order valence-electron chi connectivity index (χ2n) is 9.13. The second kappa shape index (κ2) is 9.03. The number of hydrogen-bond acceptors (Lipinski definition) is 8. The molecule has 4 N–H and O–H groups in total. The van der Waals surface area contributed by atoms with Crippen LogP contribution in [-0.4, -0.2) is 22.4 Å². The number of anilines is 2. The monoisotopic (exact) mass is 529 g/mol. The van der Waals surface area contributed by atoms with E-state index in [1.54, 1.807) is 17.5 Å². The number of nitrogens with two attached hydrogens (primary N) is 1. The number of hydrogen-bond donors (Lipinski definition) is 3. The Morgan fingerprint density at radius 3 is 2.66 bits per heavy atom. The van der Waals surface area contributed by atoms with Crippen LogP contribution >= 0.6 is 11.3 Å². The standard InChI is InChI=1S/C27H20FN5O4S/c28-17-5-3-15(4-6-17)18-12-38-27-19(18)25(36)31-24(32-27)26(37)30-10-13-1-2-14-7-8-33(11-16(14)9-13)21-20(29)22(34)23(21)35/h1-6,9,12H,7-8,10-11,29H2,(H,30,37)(H,31,32,36). The predicted molar refractivity (Wildman–Crippen MR) is 144 cm³/mol. The van der Waals surface area contributed by atoms with Crippen molar-refractivity contribution in [1.82, 2.24) is 15.3 Å². The van der Waals surface area contributed by atoms with Crippen molar-refractivity contribution >= 4 is 38.8 Å². The molecule has 11 heteroatoms. The molecular formula is C27H20FN5O4S. The van der Waals surface area contributed by atoms with E-state index in [0.717, 1.165) is 16.7 Å². The van der Waals surface area contributed by atoms with Gasteiger partial charge in [-0.3, -0.25) is 19.2 Å². The number of carbonyl (C=O) groups is 1. The third-order valence-electron chi connectivity index (χ3n) is 6.79. The number of nitrogens with one attached hydrogen (secondary N) is 2. The summed E-state index contributed by atoms with van der Waals surface area (Å²) >= 11 is 1.23. The highest BCUT2D eigenvalue weighted by atomic mass is 32.1. The number of aromatic nitrogens is 2. The molecule has 6 rings (SSSR count). The maximum atomic E-state index is 13.3. The predicted octanol–water partition coefficient (Wildman–Crippen LogP) is 2.46. The number of thiophene rings is 1. The third kappa shape index (κ3) is 3.97. The Bertz CT molecular complexity index is 1870. The van der Waals surface area contributed by atoms with Crippen LogP contribution in [0.4, 0.5) is 15.8 Å². The van der Waals surface area contributed by atoms with Gasteiger partial charge in [0.1, 0.15) is 22.0 Å². The van der Waals surface area contributed by atoms with Crippen molar-refractivity contribution in [2.45, 2.75) is 19.5 Å². The van der Waals surface area contributed by atoms with Crippen LogP contribution in [0, 0.1) is 5.82 Å². The summed E-state index contributed by atoms with van der Waals surface area (Å²) in [6, 6.07) is 11.6. The summed E-state index contributed by atoms with van der Waals surface area (Å²) in [5.74, 6) is -1.01. The Morgan fingerprint density at radius 1 is 1.11 bits per heavy atom. The molecule has 38 heavy (non-hydrogen) atoms. The van der Waals surface area contributed by atoms with Crippen molar-refractivity contribution in [2.75, 3.05) is 17.2 Å². The molecule has 3 aromatic carbocycles. The Hall–Kier alpha value is -4.64. The molecule has 1 amide bonds. The lowest BCUT2D eigenvalue weighted by atomic mass is 9.96. The van der Waals surface area contributed by atoms with Crippen molar-refractivity contribution in [3.05, 3.63) is 107 Å². The molecule has 0 atom stereocenters. The number of nitrogen functional groups attached to an aromatic ring is 1. The maximum Gasteiger partial charge on any atom is 0.287 e. The highest BCUT2D eigenvalue weighted by Gasteiger charge is 2.27. The van der Waals surface area contributed by atoms with Crippen molar-refractivity contribution in [3.8, 4) is 11.1 Å². The lowest BCUT2D eigenvalue weighted by Gasteiger charge is -2.32. The summed E-state index contributed by atoms with van der Waals surface area (Å²) < 4.78 is 13.3. The molecule has 0 fully saturated rings. The van der Waals surface area contributed by atoms with Crippen molar-refractivity contribution in [1.29, 1.82) is 0 Å². The molecule has 0 saturated carbocycles. The summed E-state index contributed by atoms with van der Waals surface area (Å²) in [4.78, 5) is 58.2. The topological polar surface area (TPSA) is 138 Å². The molecule has 190 valence electrons. The Balaban J connectivity index is 1.18. The number of halogens is 1. The number of benzene rings is 2. The number of amides is 1. The summed E-state index contributed by atoms with van der Waals surface area (Å²) in [5, 5.41) is 4.89. The van der Waals surface area contributed by atoms with Gasteiger partial charge in [0.25, 0.3) is 22.3 Å². The van der Waals surface area contributed by atoms with Gasteiger partial charge >= 0.3 is 0 Å². The lowest BCUT2D eigenvalue weighted by molar-refractivity contribution is 0.0940. The van der Waals surface area contributed by atoms with E-state index >= 15 is 0 Å². The zero-order chi connectivity index (χ0) is 26.6. The van der Waals surface area contributed by atoms with Crippen molar-refractivity contribution in [2.24, 2.45) is 0 Å². The number of H-pyrrole nitrogens is 1. The van der Waals surface area contributed by atoms with Gasteiger partial charge in [0.05, 0.1) is 5.39 Å². The molecule has 3 heterocycles. The van der Waals surface area contributed by atoms with Crippen LogP contribution in [0.15, 0.2) is 62.2 Å². The third-order valence-corrected chi connectivity index (χ3v) is 7.66. The van der Waals surface area contributed by atoms with Crippen LogP contribution in [0.5, 0.6) is 0 Å². The van der Waals surface area contributed by atoms with Crippen LogP contribution in [-0.2, 0) is 19.5 Å². The Labute approximate surface area is 218 Å². The quantitative estimate of drug-likeness (QED) is 0.297. The average molecular weight is 530 g/mol. The highest BCUT2D eigenvalue weighted by Crippen LogP contribution is 2.31. The van der Waals surface area contributed by atoms with Crippen LogP contribution < -0.4 is 32.4 Å². The minimum absolute atomic E-state index is 0.0101. The van der Waals surface area contributed by atoms with E-state index in [2.05, 4.69) is 15.3 Å². The first kappa shape index (κ1) is 23.7. The normalized spacial score (nSPS) is 13.1. The zero-order valence-corrected chi connectivity index (χ0v) is 20.7. The number of carbonyl (C=O) groups excluding carboxylic acids is 1. The van der Waals surface area contributed by atoms with Gasteiger partial charge < -0.3 is 20.9 Å². The summed E-state index contributed by atoms with van der Waals surface area (Å²) in [6.45, 7) is 1.22. The van der Waals surface area contributed by atoms with Gasteiger partial charge in [0.2, 0.25) is 5.82 Å². The fraction of sp³-hybridized carbons (Fsp3) is 0.148. The Kier molecular flexibility index (Phi) is 5.64. The molecule has 5 aromatic rings. The molecule has 1 aliphatic rings. The van der Waals surface area contributed by atoms with Crippen LogP contribution in [0.3, 0.4) is 0 Å². The van der Waals surface area contributed by atoms with E-state index in [9.17, 15) is 23.6 Å². The minimum atomic E-state index is -0.638. The summed E-state index contributed by atoms with van der Waals surface area (Å²) in [6.07, 6.45) is 0.701. The van der Waals surface area contributed by atoms with E-state index in [1.807, 2.05) is 23.1 Å². The van der Waals surface area contributed by atoms with Crippen LogP contribution in [0.1, 0.15) is 27.3 Å². The first-order valence-corrected chi connectivity index (χ1v) is 12.7. The number of rotatable bonds is 5. The van der Waals surface area contributed by atoms with Gasteiger partial charge in [-0.1, -0.05) is 30.3 Å². The van der Waals surface area contributed by atoms with Gasteiger partial charge in [-0.15, -0.1) is 11.3 Å². The average Bonchev–Trinajstić information content (AvgIpc) is 3.36. The molecule has 0 spiro atoms. The smallest absolute Gasteiger partial charge is 0.287 e. The van der Waals surface area contributed by atoms with Crippen molar-refractivity contribution < 1.29 is 9.18 Å². The van der Waals surface area contributed by atoms with Crippen LogP contribution in [0.25, 0.3) is 21.3 Å². The molecule has 2 aromatic heterocycles. The largest absolute Gasteiger partial charge is 0.394 e. The Morgan fingerprint density at radius 2 is 1.89 bits per heavy atom. The highest BCUT2D eigenvalue weighted by molar-refractivity contribution is 7.17. The molecular weight excluding hydrogens is 509 g/mol. The molecule has 9 nitrogen and oxygen atoms in total. The molecule has 0 saturated heterocycles. The fourth-order valence-corrected chi connectivity index (χ4v) is 5.73. The molecule has 0 aliphatic carbocycles. The lowest BCUT2D eigenvalue weighted by Crippen LogP contribution is -2.44. The minimum Gasteiger partial charge on any atom is -0.394 e. The molecule has 0 unspecified atom stereocenters. The van der Waals surface area contributed by atoms with Crippen molar-refractivity contribution in [3.63, 3.8) is 0 Å². The van der Waals surface area contributed by atoms with Gasteiger partial charge in [0, 0.05) is 30.6 Å². The first-order chi connectivity index (χ1) is 18.3. The first-order valence-electron chi connectivity index (χ1n) is 11.8. The van der Waals surface area contributed by atoms with E-state index in [-0.39, 0.29) is 29.6 Å². The van der Waals surface area contributed by atoms with Crippen LogP contribution in [0.2, 0.25) is 0 Å². The molecule has 0 radical (unpaired) electrons. The SMILES string of the molecule is Nc1c(N2CCc3ccc(CNC(=O)c4nc5scc(-c6ccc(F)cc6)c5c(=O)[nH]4)cc3C2)c(=O)c1=O. The van der Waals surface area contributed by atoms with Gasteiger partial charge in [-0.25, -0.2) is 9.37 Å². The summed E-state index contributed by atoms with van der Waals surface area (Å²) in [7, 11) is 0. The van der Waals surface area contributed by atoms with E-state index in [4.69, 9.17) is 5.73 Å². The second-order valence-corrected chi connectivity index (χ2v) is 9.99. The zero-order valence-electron chi connectivity index (χ0n) is 19.8. The van der Waals surface area contributed by atoms with E-state index < -0.39 is 22.3 Å². The van der Waals surface area contributed by atoms with E-state index in [1.165, 1.54) is 23.5 Å². The van der Waals surface area contributed by atoms with Gasteiger partial charge in [-0.2, -0.15) is 0 Å². The van der Waals surface area contributed by atoms with Gasteiger partial charge in [0.15, 0.2) is 0 Å². The van der Waals surface area contributed by atoms with Gasteiger partial charge in [-0.05, 0) is 40.8 Å². The molecule has 1 aliphatic heterocycles. The number of fused-ring (bicyclic) bond motifs is 2. The number of nitrogens with zero attached hydrogens (tertiary/aromatic N) is 2. The summed E-state index contributed by atoms with van der Waals surface area (Å²) in [5.41, 5.74) is 8.62. The van der Waals surface area contributed by atoms with E-state index in [0.29, 0.717) is 40.9 Å². The number of aromatic amines is 1. The maximum absolute atomic E-state index is 13.3.